The summed E-state index contributed by atoms with van der Waals surface area (Å²) in [7, 11) is 2.38. The Morgan fingerprint density at radius 1 is 0.944 bits per heavy atom. The van der Waals surface area contributed by atoms with E-state index in [0.29, 0.717) is 0 Å². The van der Waals surface area contributed by atoms with Gasteiger partial charge in [-0.2, -0.15) is 0 Å². The van der Waals surface area contributed by atoms with Crippen LogP contribution < -0.4 is 0 Å². The third-order valence-corrected chi connectivity index (χ3v) is 1.75. The molecule has 0 aromatic carbocycles. The zero-order valence-corrected chi connectivity index (χ0v) is 11.3. The van der Waals surface area contributed by atoms with Crippen molar-refractivity contribution in [3.8, 4) is 0 Å². The SMILES string of the molecule is COC(=O)CN(CC(=O)OC)C(=O)OC(C)(C)C. The number of amides is 1. The van der Waals surface area contributed by atoms with E-state index in [0.717, 1.165) is 4.90 Å². The van der Waals surface area contributed by atoms with E-state index in [-0.39, 0.29) is 13.1 Å². The van der Waals surface area contributed by atoms with Gasteiger partial charge in [0.15, 0.2) is 0 Å². The zero-order chi connectivity index (χ0) is 14.3. The molecule has 7 heteroatoms. The summed E-state index contributed by atoms with van der Waals surface area (Å²) >= 11 is 0. The molecule has 0 spiro atoms. The highest BCUT2D eigenvalue weighted by Gasteiger charge is 2.26. The first-order valence-electron chi connectivity index (χ1n) is 5.31. The number of ether oxygens (including phenoxy) is 3. The molecular weight excluding hydrogens is 242 g/mol. The Kier molecular flexibility index (Phi) is 6.15. The van der Waals surface area contributed by atoms with Crippen LogP contribution in [0.15, 0.2) is 0 Å². The fourth-order valence-corrected chi connectivity index (χ4v) is 0.952. The van der Waals surface area contributed by atoms with E-state index in [9.17, 15) is 14.4 Å². The number of hydrogen-bond donors (Lipinski definition) is 0. The molecule has 1 amide bonds. The second-order valence-corrected chi connectivity index (χ2v) is 4.49. The van der Waals surface area contributed by atoms with Gasteiger partial charge in [0.05, 0.1) is 14.2 Å². The molecule has 0 aliphatic heterocycles. The topological polar surface area (TPSA) is 82.1 Å². The lowest BCUT2D eigenvalue weighted by Gasteiger charge is -2.25. The Bertz CT molecular complexity index is 302. The van der Waals surface area contributed by atoms with Crippen LogP contribution in [0.1, 0.15) is 20.8 Å². The first kappa shape index (κ1) is 16.2. The van der Waals surface area contributed by atoms with E-state index in [1.54, 1.807) is 20.8 Å². The lowest BCUT2D eigenvalue weighted by molar-refractivity contribution is -0.145. The quantitative estimate of drug-likeness (QED) is 0.543. The maximum atomic E-state index is 11.7. The van der Waals surface area contributed by atoms with E-state index >= 15 is 0 Å². The Morgan fingerprint density at radius 2 is 1.33 bits per heavy atom. The highest BCUT2D eigenvalue weighted by Crippen LogP contribution is 2.10. The number of carbonyl (C=O) groups is 3. The van der Waals surface area contributed by atoms with Crippen molar-refractivity contribution in [3.05, 3.63) is 0 Å². The third kappa shape index (κ3) is 6.72. The summed E-state index contributed by atoms with van der Waals surface area (Å²) in [5.41, 5.74) is -0.721. The van der Waals surface area contributed by atoms with Gasteiger partial charge in [-0.15, -0.1) is 0 Å². The van der Waals surface area contributed by atoms with E-state index in [1.807, 2.05) is 0 Å². The molecule has 0 aromatic rings. The van der Waals surface area contributed by atoms with Crippen LogP contribution in [-0.4, -0.2) is 55.8 Å². The molecule has 18 heavy (non-hydrogen) atoms. The van der Waals surface area contributed by atoms with E-state index < -0.39 is 23.6 Å². The summed E-state index contributed by atoms with van der Waals surface area (Å²) in [6, 6.07) is 0. The minimum atomic E-state index is -0.779. The number of methoxy groups -OCH3 is 2. The molecule has 104 valence electrons. The van der Waals surface area contributed by atoms with Gasteiger partial charge in [-0.25, -0.2) is 4.79 Å². The molecule has 0 atom stereocenters. The normalized spacial score (nSPS) is 10.5. The third-order valence-electron chi connectivity index (χ3n) is 1.75. The maximum absolute atomic E-state index is 11.7. The first-order chi connectivity index (χ1) is 8.19. The average Bonchev–Trinajstić information content (AvgIpc) is 2.25. The van der Waals surface area contributed by atoms with Gasteiger partial charge in [0, 0.05) is 0 Å². The largest absolute Gasteiger partial charge is 0.468 e. The highest BCUT2D eigenvalue weighted by atomic mass is 16.6. The summed E-state index contributed by atoms with van der Waals surface area (Å²) in [6.45, 7) is 4.29. The van der Waals surface area contributed by atoms with Crippen LogP contribution in [0.4, 0.5) is 4.79 Å². The van der Waals surface area contributed by atoms with Gasteiger partial charge in [0.1, 0.15) is 18.7 Å². The van der Waals surface area contributed by atoms with Crippen LogP contribution in [0.5, 0.6) is 0 Å². The number of nitrogens with zero attached hydrogens (tertiary/aromatic N) is 1. The van der Waals surface area contributed by atoms with Gasteiger partial charge in [-0.05, 0) is 20.8 Å². The molecule has 0 aliphatic rings. The predicted molar refractivity (Wildman–Crippen MR) is 61.8 cm³/mol. The van der Waals surface area contributed by atoms with Crippen LogP contribution in [-0.2, 0) is 23.8 Å². The lowest BCUT2D eigenvalue weighted by Crippen LogP contribution is -2.43. The van der Waals surface area contributed by atoms with Gasteiger partial charge in [-0.1, -0.05) is 0 Å². The van der Waals surface area contributed by atoms with E-state index in [4.69, 9.17) is 4.74 Å². The van der Waals surface area contributed by atoms with Crippen molar-refractivity contribution in [1.82, 2.24) is 4.90 Å². The van der Waals surface area contributed by atoms with Gasteiger partial charge < -0.3 is 14.2 Å². The van der Waals surface area contributed by atoms with Crippen LogP contribution in [0.25, 0.3) is 0 Å². The zero-order valence-electron chi connectivity index (χ0n) is 11.3. The summed E-state index contributed by atoms with van der Waals surface area (Å²) in [5.74, 6) is -1.30. The molecular formula is C11H19NO6. The van der Waals surface area contributed by atoms with E-state index in [1.165, 1.54) is 14.2 Å². The molecule has 7 nitrogen and oxygen atoms in total. The van der Waals surface area contributed by atoms with Crippen molar-refractivity contribution in [3.63, 3.8) is 0 Å². The minimum absolute atomic E-state index is 0.374. The van der Waals surface area contributed by atoms with Crippen LogP contribution in [0.2, 0.25) is 0 Å². The minimum Gasteiger partial charge on any atom is -0.468 e. The monoisotopic (exact) mass is 261 g/mol. The molecule has 0 heterocycles. The molecule has 0 radical (unpaired) electrons. The van der Waals surface area contributed by atoms with Crippen LogP contribution >= 0.6 is 0 Å². The summed E-state index contributed by atoms with van der Waals surface area (Å²) in [6.07, 6.45) is -0.779. The Morgan fingerprint density at radius 3 is 1.61 bits per heavy atom. The molecule has 0 aliphatic carbocycles. The molecule has 0 unspecified atom stereocenters. The van der Waals surface area contributed by atoms with Crippen LogP contribution in [0, 0.1) is 0 Å². The number of carbonyl (C=O) groups excluding carboxylic acids is 3. The van der Waals surface area contributed by atoms with Crippen molar-refractivity contribution in [2.24, 2.45) is 0 Å². The number of hydrogen-bond acceptors (Lipinski definition) is 6. The first-order valence-corrected chi connectivity index (χ1v) is 5.31. The Labute approximate surface area is 106 Å². The second kappa shape index (κ2) is 6.83. The summed E-state index contributed by atoms with van der Waals surface area (Å²) < 4.78 is 13.9. The Balaban J connectivity index is 4.69. The lowest BCUT2D eigenvalue weighted by atomic mass is 10.2. The van der Waals surface area contributed by atoms with Crippen molar-refractivity contribution in [1.29, 1.82) is 0 Å². The number of rotatable bonds is 4. The Hall–Kier alpha value is -1.79. The molecule has 0 saturated carbocycles. The van der Waals surface area contributed by atoms with E-state index in [2.05, 4.69) is 9.47 Å². The standard InChI is InChI=1S/C11H19NO6/c1-11(2,3)18-10(15)12(6-8(13)16-4)7-9(14)17-5/h6-7H2,1-5H3. The molecule has 0 fully saturated rings. The van der Waals surface area contributed by atoms with Crippen molar-refractivity contribution < 1.29 is 28.6 Å². The fraction of sp³-hybridized carbons (Fsp3) is 0.727. The molecule has 0 saturated heterocycles. The van der Waals surface area contributed by atoms with Gasteiger partial charge >= 0.3 is 18.0 Å². The highest BCUT2D eigenvalue weighted by molar-refractivity contribution is 5.82. The molecule has 0 bridgehead atoms. The smallest absolute Gasteiger partial charge is 0.411 e. The fourth-order valence-electron chi connectivity index (χ4n) is 0.952. The summed E-state index contributed by atoms with van der Waals surface area (Å²) in [4.78, 5) is 34.9. The van der Waals surface area contributed by atoms with Gasteiger partial charge in [0.2, 0.25) is 0 Å². The summed E-state index contributed by atoms with van der Waals surface area (Å²) in [5, 5.41) is 0. The van der Waals surface area contributed by atoms with Crippen LogP contribution in [0.3, 0.4) is 0 Å². The van der Waals surface area contributed by atoms with Crippen molar-refractivity contribution in [2.75, 3.05) is 27.3 Å². The molecule has 0 aromatic heterocycles. The predicted octanol–water partition coefficient (Wildman–Crippen LogP) is 0.569. The second-order valence-electron chi connectivity index (χ2n) is 4.49. The van der Waals surface area contributed by atoms with Gasteiger partial charge in [-0.3, -0.25) is 14.5 Å². The van der Waals surface area contributed by atoms with Crippen molar-refractivity contribution in [2.45, 2.75) is 26.4 Å². The maximum Gasteiger partial charge on any atom is 0.411 e. The number of esters is 2. The molecule has 0 rings (SSSR count). The molecule has 0 N–H and O–H groups in total. The van der Waals surface area contributed by atoms with Crippen molar-refractivity contribution >= 4 is 18.0 Å². The van der Waals surface area contributed by atoms with Gasteiger partial charge in [0.25, 0.3) is 0 Å². The average molecular weight is 261 g/mol.